The molecular weight excluding hydrogens is 146 g/mol. The van der Waals surface area contributed by atoms with Crippen molar-refractivity contribution in [2.24, 2.45) is 11.7 Å². The lowest BCUT2D eigenvalue weighted by atomic mass is 10.0. The molecule has 4 heteroatoms. The summed E-state index contributed by atoms with van der Waals surface area (Å²) in [6.45, 7) is 1.87. The van der Waals surface area contributed by atoms with E-state index in [1.54, 1.807) is 0 Å². The summed E-state index contributed by atoms with van der Waals surface area (Å²) in [5.41, 5.74) is 5.42. The third kappa shape index (κ3) is 3.95. The number of rotatable bonds is 4. The average Bonchev–Trinajstić information content (AvgIpc) is 2.02. The Morgan fingerprint density at radius 1 is 1.73 bits per heavy atom. The predicted molar refractivity (Wildman–Crippen MR) is 40.9 cm³/mol. The zero-order valence-corrected chi connectivity index (χ0v) is 6.91. The van der Waals surface area contributed by atoms with Gasteiger partial charge in [-0.25, -0.2) is 0 Å². The summed E-state index contributed by atoms with van der Waals surface area (Å²) >= 11 is 0. The first-order valence-corrected chi connectivity index (χ1v) is 3.56. The lowest BCUT2D eigenvalue weighted by Gasteiger charge is -2.12. The summed E-state index contributed by atoms with van der Waals surface area (Å²) in [4.78, 5) is 10.7. The van der Waals surface area contributed by atoms with Gasteiger partial charge in [0.15, 0.2) is 0 Å². The number of hydrogen-bond acceptors (Lipinski definition) is 4. The maximum Gasteiger partial charge on any atom is 0.322 e. The third-order valence-electron chi connectivity index (χ3n) is 1.47. The van der Waals surface area contributed by atoms with Crippen molar-refractivity contribution < 1.29 is 14.6 Å². The van der Waals surface area contributed by atoms with Crippen molar-refractivity contribution in [2.75, 3.05) is 13.7 Å². The van der Waals surface area contributed by atoms with Crippen molar-refractivity contribution in [1.29, 1.82) is 0 Å². The van der Waals surface area contributed by atoms with Crippen LogP contribution in [0.15, 0.2) is 0 Å². The standard InChI is InChI=1S/C7H15NO3/c1-5(4-9)3-6(8)7(10)11-2/h5-6,9H,3-4,8H2,1-2H3. The van der Waals surface area contributed by atoms with Crippen LogP contribution in [0, 0.1) is 5.92 Å². The number of hydrogen-bond donors (Lipinski definition) is 2. The third-order valence-corrected chi connectivity index (χ3v) is 1.47. The molecule has 0 fully saturated rings. The first-order chi connectivity index (χ1) is 5.11. The van der Waals surface area contributed by atoms with E-state index in [0.29, 0.717) is 6.42 Å². The molecule has 0 aromatic rings. The normalized spacial score (nSPS) is 15.6. The fraction of sp³-hybridized carbons (Fsp3) is 0.857. The largest absolute Gasteiger partial charge is 0.468 e. The van der Waals surface area contributed by atoms with Gasteiger partial charge in [-0.2, -0.15) is 0 Å². The minimum absolute atomic E-state index is 0.0455. The van der Waals surface area contributed by atoms with E-state index in [4.69, 9.17) is 10.8 Å². The summed E-state index contributed by atoms with van der Waals surface area (Å²) in [6.07, 6.45) is 0.461. The van der Waals surface area contributed by atoms with Gasteiger partial charge < -0.3 is 15.6 Å². The predicted octanol–water partition coefficient (Wildman–Crippen LogP) is -0.495. The van der Waals surface area contributed by atoms with Crippen LogP contribution in [0.1, 0.15) is 13.3 Å². The molecule has 4 nitrogen and oxygen atoms in total. The van der Waals surface area contributed by atoms with Gasteiger partial charge in [0.1, 0.15) is 6.04 Å². The maximum atomic E-state index is 10.7. The fourth-order valence-electron chi connectivity index (χ4n) is 0.756. The number of methoxy groups -OCH3 is 1. The Morgan fingerprint density at radius 2 is 2.27 bits per heavy atom. The summed E-state index contributed by atoms with van der Waals surface area (Å²) in [5.74, 6) is -0.380. The molecule has 0 aliphatic carbocycles. The number of carbonyl (C=O) groups excluding carboxylic acids is 1. The van der Waals surface area contributed by atoms with E-state index < -0.39 is 12.0 Å². The van der Waals surface area contributed by atoms with Crippen LogP contribution >= 0.6 is 0 Å². The molecule has 0 saturated heterocycles. The van der Waals surface area contributed by atoms with E-state index in [2.05, 4.69) is 4.74 Å². The van der Waals surface area contributed by atoms with Crippen molar-refractivity contribution in [1.82, 2.24) is 0 Å². The van der Waals surface area contributed by atoms with E-state index in [0.717, 1.165) is 0 Å². The molecule has 0 aromatic carbocycles. The van der Waals surface area contributed by atoms with E-state index in [9.17, 15) is 4.79 Å². The van der Waals surface area contributed by atoms with Gasteiger partial charge in [0.25, 0.3) is 0 Å². The van der Waals surface area contributed by atoms with Gasteiger partial charge in [-0.15, -0.1) is 0 Å². The Kier molecular flexibility index (Phi) is 4.81. The van der Waals surface area contributed by atoms with Gasteiger partial charge >= 0.3 is 5.97 Å². The molecule has 0 aromatic heterocycles. The van der Waals surface area contributed by atoms with Gasteiger partial charge in [0.2, 0.25) is 0 Å². The molecule has 0 aliphatic rings. The Hall–Kier alpha value is -0.610. The van der Waals surface area contributed by atoms with Crippen molar-refractivity contribution >= 4 is 5.97 Å². The summed E-state index contributed by atoms with van der Waals surface area (Å²) in [5, 5.41) is 8.63. The van der Waals surface area contributed by atoms with Crippen LogP contribution < -0.4 is 5.73 Å². The number of nitrogens with two attached hydrogens (primary N) is 1. The SMILES string of the molecule is COC(=O)C(N)CC(C)CO. The zero-order chi connectivity index (χ0) is 8.85. The van der Waals surface area contributed by atoms with Crippen molar-refractivity contribution in [2.45, 2.75) is 19.4 Å². The Balaban J connectivity index is 3.67. The Labute approximate surface area is 66.3 Å². The van der Waals surface area contributed by atoms with Gasteiger partial charge in [0, 0.05) is 6.61 Å². The second-order valence-corrected chi connectivity index (χ2v) is 2.65. The fourth-order valence-corrected chi connectivity index (χ4v) is 0.756. The van der Waals surface area contributed by atoms with E-state index in [1.807, 2.05) is 6.92 Å². The van der Waals surface area contributed by atoms with Crippen LogP contribution in [0.4, 0.5) is 0 Å². The quantitative estimate of drug-likeness (QED) is 0.545. The Bertz CT molecular complexity index is 127. The van der Waals surface area contributed by atoms with Crippen LogP contribution in [-0.4, -0.2) is 30.8 Å². The molecule has 0 radical (unpaired) electrons. The maximum absolute atomic E-state index is 10.7. The van der Waals surface area contributed by atoms with Crippen LogP contribution in [0.2, 0.25) is 0 Å². The van der Waals surface area contributed by atoms with Crippen LogP contribution in [0.5, 0.6) is 0 Å². The van der Waals surface area contributed by atoms with Gasteiger partial charge in [-0.05, 0) is 12.3 Å². The van der Waals surface area contributed by atoms with Crippen LogP contribution in [-0.2, 0) is 9.53 Å². The molecular formula is C7H15NO3. The highest BCUT2D eigenvalue weighted by molar-refractivity contribution is 5.75. The first kappa shape index (κ1) is 10.4. The molecule has 0 rings (SSSR count). The lowest BCUT2D eigenvalue weighted by Crippen LogP contribution is -2.33. The molecule has 0 spiro atoms. The Morgan fingerprint density at radius 3 is 2.64 bits per heavy atom. The first-order valence-electron chi connectivity index (χ1n) is 3.56. The number of aliphatic hydroxyl groups excluding tert-OH is 1. The van der Waals surface area contributed by atoms with Gasteiger partial charge in [-0.3, -0.25) is 4.79 Å². The van der Waals surface area contributed by atoms with Crippen molar-refractivity contribution in [3.63, 3.8) is 0 Å². The van der Waals surface area contributed by atoms with Crippen molar-refractivity contribution in [3.8, 4) is 0 Å². The molecule has 0 heterocycles. The molecule has 2 unspecified atom stereocenters. The monoisotopic (exact) mass is 161 g/mol. The summed E-state index contributed by atoms with van der Waals surface area (Å²) in [7, 11) is 1.30. The molecule has 2 atom stereocenters. The molecule has 0 amide bonds. The second kappa shape index (κ2) is 5.09. The molecule has 11 heavy (non-hydrogen) atoms. The van der Waals surface area contributed by atoms with Gasteiger partial charge in [-0.1, -0.05) is 6.92 Å². The smallest absolute Gasteiger partial charge is 0.322 e. The lowest BCUT2D eigenvalue weighted by molar-refractivity contribution is -0.142. The minimum atomic E-state index is -0.609. The zero-order valence-electron chi connectivity index (χ0n) is 6.91. The van der Waals surface area contributed by atoms with Crippen LogP contribution in [0.3, 0.4) is 0 Å². The van der Waals surface area contributed by atoms with Gasteiger partial charge in [0.05, 0.1) is 7.11 Å². The summed E-state index contributed by atoms with van der Waals surface area (Å²) in [6, 6.07) is -0.609. The minimum Gasteiger partial charge on any atom is -0.468 e. The van der Waals surface area contributed by atoms with E-state index in [-0.39, 0.29) is 12.5 Å². The molecule has 0 saturated carbocycles. The highest BCUT2D eigenvalue weighted by Crippen LogP contribution is 2.03. The molecule has 3 N–H and O–H groups in total. The number of ether oxygens (including phenoxy) is 1. The van der Waals surface area contributed by atoms with Crippen LogP contribution in [0.25, 0.3) is 0 Å². The molecule has 66 valence electrons. The summed E-state index contributed by atoms with van der Waals surface area (Å²) < 4.78 is 4.41. The molecule has 0 aliphatic heterocycles. The number of aliphatic hydroxyl groups is 1. The van der Waals surface area contributed by atoms with E-state index >= 15 is 0 Å². The number of carbonyl (C=O) groups is 1. The second-order valence-electron chi connectivity index (χ2n) is 2.65. The van der Waals surface area contributed by atoms with E-state index in [1.165, 1.54) is 7.11 Å². The molecule has 0 bridgehead atoms. The highest BCUT2D eigenvalue weighted by Gasteiger charge is 2.16. The number of esters is 1. The highest BCUT2D eigenvalue weighted by atomic mass is 16.5. The average molecular weight is 161 g/mol. The topological polar surface area (TPSA) is 72.5 Å². The van der Waals surface area contributed by atoms with Crippen molar-refractivity contribution in [3.05, 3.63) is 0 Å².